The average molecular weight is 324 g/mol. The zero-order valence-electron chi connectivity index (χ0n) is 13.7. The maximum Gasteiger partial charge on any atom is 0.319 e. The fourth-order valence-electron chi connectivity index (χ4n) is 3.08. The van der Waals surface area contributed by atoms with E-state index < -0.39 is 0 Å². The quantitative estimate of drug-likeness (QED) is 0.878. The number of carbonyl (C=O) groups is 1. The first-order valence-electron chi connectivity index (χ1n) is 7.91. The number of nitrogens with zero attached hydrogens (tertiary/aromatic N) is 1. The van der Waals surface area contributed by atoms with Gasteiger partial charge in [-0.25, -0.2) is 4.79 Å². The highest BCUT2D eigenvalue weighted by Gasteiger charge is 2.34. The van der Waals surface area contributed by atoms with Gasteiger partial charge in [0.25, 0.3) is 0 Å². The molecule has 2 N–H and O–H groups in total. The Labute approximate surface area is 138 Å². The van der Waals surface area contributed by atoms with Gasteiger partial charge in [-0.15, -0.1) is 0 Å². The summed E-state index contributed by atoms with van der Waals surface area (Å²) in [5.74, 6) is 0. The molecular formula is C17H26ClN3O. The predicted octanol–water partition coefficient (Wildman–Crippen LogP) is 4.03. The van der Waals surface area contributed by atoms with Gasteiger partial charge in [-0.2, -0.15) is 0 Å². The number of aryl methyl sites for hydroxylation is 1. The monoisotopic (exact) mass is 323 g/mol. The van der Waals surface area contributed by atoms with E-state index in [1.165, 1.54) is 19.3 Å². The molecule has 5 heteroatoms. The third kappa shape index (κ3) is 4.14. The summed E-state index contributed by atoms with van der Waals surface area (Å²) in [6.07, 6.45) is 6.03. The van der Waals surface area contributed by atoms with Gasteiger partial charge in [-0.05, 0) is 51.6 Å². The van der Waals surface area contributed by atoms with Crippen LogP contribution >= 0.6 is 11.6 Å². The molecule has 0 atom stereocenters. The van der Waals surface area contributed by atoms with Crippen LogP contribution in [0.1, 0.15) is 37.7 Å². The van der Waals surface area contributed by atoms with E-state index in [2.05, 4.69) is 29.6 Å². The molecule has 4 nitrogen and oxygen atoms in total. The Kier molecular flexibility index (Phi) is 5.70. The first kappa shape index (κ1) is 17.1. The number of anilines is 1. The number of nitrogens with one attached hydrogen (secondary N) is 2. The van der Waals surface area contributed by atoms with Crippen LogP contribution in [0.2, 0.25) is 5.02 Å². The topological polar surface area (TPSA) is 44.4 Å². The Morgan fingerprint density at radius 2 is 1.95 bits per heavy atom. The molecule has 1 aromatic rings. The van der Waals surface area contributed by atoms with Crippen molar-refractivity contribution < 1.29 is 4.79 Å². The van der Waals surface area contributed by atoms with Gasteiger partial charge in [0.1, 0.15) is 0 Å². The minimum Gasteiger partial charge on any atom is -0.336 e. The maximum atomic E-state index is 12.1. The van der Waals surface area contributed by atoms with Gasteiger partial charge in [0.15, 0.2) is 0 Å². The van der Waals surface area contributed by atoms with Crippen molar-refractivity contribution in [1.82, 2.24) is 10.2 Å². The van der Waals surface area contributed by atoms with Gasteiger partial charge in [0.2, 0.25) is 0 Å². The fourth-order valence-corrected chi connectivity index (χ4v) is 3.26. The van der Waals surface area contributed by atoms with Crippen LogP contribution in [0.25, 0.3) is 0 Å². The molecule has 0 bridgehead atoms. The normalized spacial score (nSPS) is 17.3. The second-order valence-electron chi connectivity index (χ2n) is 6.45. The van der Waals surface area contributed by atoms with Crippen molar-refractivity contribution in [2.24, 2.45) is 0 Å². The summed E-state index contributed by atoms with van der Waals surface area (Å²) in [5, 5.41) is 6.54. The van der Waals surface area contributed by atoms with Gasteiger partial charge in [-0.3, -0.25) is 0 Å². The maximum absolute atomic E-state index is 12.1. The average Bonchev–Trinajstić information content (AvgIpc) is 2.50. The molecule has 1 fully saturated rings. The van der Waals surface area contributed by atoms with Crippen molar-refractivity contribution >= 4 is 23.3 Å². The van der Waals surface area contributed by atoms with Crippen molar-refractivity contribution in [2.75, 3.05) is 26.0 Å². The molecule has 0 heterocycles. The molecule has 1 aliphatic rings. The summed E-state index contributed by atoms with van der Waals surface area (Å²) in [4.78, 5) is 14.4. The molecule has 1 aliphatic carbocycles. The second kappa shape index (κ2) is 7.34. The summed E-state index contributed by atoms with van der Waals surface area (Å²) in [6.45, 7) is 2.61. The molecule has 122 valence electrons. The number of benzene rings is 1. The minimum atomic E-state index is -0.174. The second-order valence-corrected chi connectivity index (χ2v) is 6.86. The predicted molar refractivity (Wildman–Crippen MR) is 92.7 cm³/mol. The lowest BCUT2D eigenvalue weighted by Crippen LogP contribution is -2.54. The van der Waals surface area contributed by atoms with Gasteiger partial charge in [-0.1, -0.05) is 36.9 Å². The summed E-state index contributed by atoms with van der Waals surface area (Å²) in [7, 11) is 4.20. The van der Waals surface area contributed by atoms with E-state index in [0.717, 1.165) is 24.1 Å². The summed E-state index contributed by atoms with van der Waals surface area (Å²) >= 11 is 6.08. The minimum absolute atomic E-state index is 0.0838. The molecule has 0 saturated heterocycles. The molecule has 2 rings (SSSR count). The van der Waals surface area contributed by atoms with Gasteiger partial charge in [0, 0.05) is 22.8 Å². The molecule has 2 amide bonds. The number of amides is 2. The molecule has 1 aromatic carbocycles. The van der Waals surface area contributed by atoms with Crippen LogP contribution in [-0.2, 0) is 0 Å². The number of carbonyl (C=O) groups excluding carboxylic acids is 1. The van der Waals surface area contributed by atoms with E-state index in [9.17, 15) is 4.79 Å². The first-order chi connectivity index (χ1) is 10.4. The molecule has 0 radical (unpaired) electrons. The summed E-state index contributed by atoms with van der Waals surface area (Å²) in [6, 6.07) is 5.37. The van der Waals surface area contributed by atoms with Gasteiger partial charge >= 0.3 is 6.03 Å². The third-order valence-electron chi connectivity index (χ3n) is 4.74. The Hall–Kier alpha value is -1.26. The van der Waals surface area contributed by atoms with Crippen molar-refractivity contribution in [3.63, 3.8) is 0 Å². The molecule has 22 heavy (non-hydrogen) atoms. The molecule has 0 aliphatic heterocycles. The summed E-state index contributed by atoms with van der Waals surface area (Å²) in [5.41, 5.74) is 1.80. The Balaban J connectivity index is 1.92. The van der Waals surface area contributed by atoms with Crippen molar-refractivity contribution in [2.45, 2.75) is 44.6 Å². The number of hydrogen-bond acceptors (Lipinski definition) is 2. The number of rotatable bonds is 4. The van der Waals surface area contributed by atoms with Crippen LogP contribution in [0.3, 0.4) is 0 Å². The molecule has 1 saturated carbocycles. The molecular weight excluding hydrogens is 298 g/mol. The summed E-state index contributed by atoms with van der Waals surface area (Å²) < 4.78 is 0. The smallest absolute Gasteiger partial charge is 0.319 e. The van der Waals surface area contributed by atoms with Crippen molar-refractivity contribution in [3.05, 3.63) is 28.8 Å². The van der Waals surface area contributed by atoms with Crippen LogP contribution < -0.4 is 10.6 Å². The standard InChI is InChI=1S/C17H26ClN3O/c1-13-7-8-14(11-15(13)18)20-16(22)19-12-17(21(2)3)9-5-4-6-10-17/h7-8,11H,4-6,9-10,12H2,1-3H3,(H2,19,20,22). The highest BCUT2D eigenvalue weighted by Crippen LogP contribution is 2.31. The largest absolute Gasteiger partial charge is 0.336 e. The van der Waals surface area contributed by atoms with E-state index in [4.69, 9.17) is 11.6 Å². The van der Waals surface area contributed by atoms with Gasteiger partial charge < -0.3 is 15.5 Å². The highest BCUT2D eigenvalue weighted by molar-refractivity contribution is 6.31. The number of halogens is 1. The fraction of sp³-hybridized carbons (Fsp3) is 0.588. The molecule has 0 spiro atoms. The molecule has 0 unspecified atom stereocenters. The van der Waals surface area contributed by atoms with E-state index in [1.54, 1.807) is 6.07 Å². The van der Waals surface area contributed by atoms with Crippen LogP contribution in [0.5, 0.6) is 0 Å². The lowest BCUT2D eigenvalue weighted by molar-refractivity contribution is 0.101. The molecule has 0 aromatic heterocycles. The number of hydrogen-bond donors (Lipinski definition) is 2. The lowest BCUT2D eigenvalue weighted by Gasteiger charge is -2.43. The van der Waals surface area contributed by atoms with Gasteiger partial charge in [0.05, 0.1) is 0 Å². The zero-order valence-corrected chi connectivity index (χ0v) is 14.5. The first-order valence-corrected chi connectivity index (χ1v) is 8.29. The van der Waals surface area contributed by atoms with E-state index in [0.29, 0.717) is 11.6 Å². The highest BCUT2D eigenvalue weighted by atomic mass is 35.5. The Morgan fingerprint density at radius 1 is 1.27 bits per heavy atom. The van der Waals surface area contributed by atoms with Crippen LogP contribution in [0.4, 0.5) is 10.5 Å². The number of urea groups is 1. The van der Waals surface area contributed by atoms with Crippen LogP contribution in [0, 0.1) is 6.92 Å². The van der Waals surface area contributed by atoms with Crippen LogP contribution in [-0.4, -0.2) is 37.1 Å². The zero-order chi connectivity index (χ0) is 16.2. The van der Waals surface area contributed by atoms with E-state index in [-0.39, 0.29) is 11.6 Å². The van der Waals surface area contributed by atoms with Crippen molar-refractivity contribution in [1.29, 1.82) is 0 Å². The van der Waals surface area contributed by atoms with E-state index in [1.807, 2.05) is 19.1 Å². The third-order valence-corrected chi connectivity index (χ3v) is 5.15. The SMILES string of the molecule is Cc1ccc(NC(=O)NCC2(N(C)C)CCCCC2)cc1Cl. The Morgan fingerprint density at radius 3 is 2.55 bits per heavy atom. The van der Waals surface area contributed by atoms with Crippen molar-refractivity contribution in [3.8, 4) is 0 Å². The van der Waals surface area contributed by atoms with Crippen LogP contribution in [0.15, 0.2) is 18.2 Å². The lowest BCUT2D eigenvalue weighted by atomic mass is 9.80. The number of likely N-dealkylation sites (N-methyl/N-ethyl adjacent to an activating group) is 1. The Bertz CT molecular complexity index is 525. The van der Waals surface area contributed by atoms with E-state index >= 15 is 0 Å².